The van der Waals surface area contributed by atoms with Gasteiger partial charge in [0.05, 0.1) is 6.20 Å². The predicted molar refractivity (Wildman–Crippen MR) is 66.3 cm³/mol. The third-order valence-electron chi connectivity index (χ3n) is 2.55. The molecule has 3 nitrogen and oxygen atoms in total. The summed E-state index contributed by atoms with van der Waals surface area (Å²) in [6.07, 6.45) is 1.82. The standard InChI is InChI=1S/C14H14N2O/c1-12(17)16(14-9-5-6-10-15-14)11-13-7-3-2-4-8-13/h2-10H,11H2,1H3/p+1. The zero-order valence-electron chi connectivity index (χ0n) is 9.76. The average molecular weight is 227 g/mol. The van der Waals surface area contributed by atoms with Crippen LogP contribution >= 0.6 is 0 Å². The van der Waals surface area contributed by atoms with Crippen molar-refractivity contribution in [3.8, 4) is 0 Å². The number of benzene rings is 1. The van der Waals surface area contributed by atoms with Crippen molar-refractivity contribution in [2.24, 2.45) is 0 Å². The largest absolute Gasteiger partial charge is 0.306 e. The quantitative estimate of drug-likeness (QED) is 0.790. The van der Waals surface area contributed by atoms with Crippen LogP contribution in [0.4, 0.5) is 5.82 Å². The molecule has 0 spiro atoms. The van der Waals surface area contributed by atoms with Gasteiger partial charge in [-0.3, -0.25) is 0 Å². The summed E-state index contributed by atoms with van der Waals surface area (Å²) in [6.45, 7) is 2.15. The van der Waals surface area contributed by atoms with E-state index in [9.17, 15) is 4.79 Å². The Morgan fingerprint density at radius 3 is 2.41 bits per heavy atom. The molecule has 0 saturated carbocycles. The summed E-state index contributed by atoms with van der Waals surface area (Å²) in [7, 11) is 0. The van der Waals surface area contributed by atoms with E-state index in [0.29, 0.717) is 6.54 Å². The molecule has 0 unspecified atom stereocenters. The molecule has 1 amide bonds. The van der Waals surface area contributed by atoms with E-state index in [-0.39, 0.29) is 5.91 Å². The van der Waals surface area contributed by atoms with Crippen molar-refractivity contribution in [2.45, 2.75) is 13.5 Å². The van der Waals surface area contributed by atoms with Gasteiger partial charge in [0.25, 0.3) is 5.82 Å². The van der Waals surface area contributed by atoms with Gasteiger partial charge in [0.1, 0.15) is 6.54 Å². The van der Waals surface area contributed by atoms with E-state index >= 15 is 0 Å². The zero-order chi connectivity index (χ0) is 12.1. The number of aromatic nitrogens is 1. The third-order valence-corrected chi connectivity index (χ3v) is 2.55. The predicted octanol–water partition coefficient (Wildman–Crippen LogP) is 2.05. The van der Waals surface area contributed by atoms with Gasteiger partial charge in [-0.15, -0.1) is 0 Å². The Morgan fingerprint density at radius 1 is 1.12 bits per heavy atom. The SMILES string of the molecule is CC(=O)N(Cc1ccccc1)c1cccc[nH+]1. The first-order valence-electron chi connectivity index (χ1n) is 5.56. The van der Waals surface area contributed by atoms with Crippen LogP contribution in [0.2, 0.25) is 0 Å². The van der Waals surface area contributed by atoms with Gasteiger partial charge >= 0.3 is 5.91 Å². The van der Waals surface area contributed by atoms with Gasteiger partial charge in [-0.25, -0.2) is 9.78 Å². The molecule has 1 aromatic carbocycles. The molecule has 0 fully saturated rings. The third kappa shape index (κ3) is 2.91. The van der Waals surface area contributed by atoms with Gasteiger partial charge in [0, 0.05) is 13.0 Å². The number of pyridine rings is 1. The summed E-state index contributed by atoms with van der Waals surface area (Å²) >= 11 is 0. The van der Waals surface area contributed by atoms with Crippen molar-refractivity contribution in [1.29, 1.82) is 0 Å². The molecule has 0 radical (unpaired) electrons. The van der Waals surface area contributed by atoms with Crippen molar-refractivity contribution in [1.82, 2.24) is 0 Å². The highest BCUT2D eigenvalue weighted by molar-refractivity contribution is 5.89. The fourth-order valence-corrected chi connectivity index (χ4v) is 1.68. The van der Waals surface area contributed by atoms with E-state index in [1.165, 1.54) is 0 Å². The molecule has 3 heteroatoms. The first-order chi connectivity index (χ1) is 8.27. The number of carbonyl (C=O) groups is 1. The van der Waals surface area contributed by atoms with Crippen LogP contribution in [0.3, 0.4) is 0 Å². The molecule has 2 aromatic rings. The second-order valence-electron chi connectivity index (χ2n) is 3.84. The Balaban J connectivity index is 2.23. The van der Waals surface area contributed by atoms with Crippen LogP contribution in [0.15, 0.2) is 54.7 Å². The molecule has 1 aromatic heterocycles. The van der Waals surface area contributed by atoms with Crippen LogP contribution < -0.4 is 9.88 Å². The van der Waals surface area contributed by atoms with Crippen molar-refractivity contribution < 1.29 is 9.78 Å². The Bertz CT molecular complexity index is 482. The average Bonchev–Trinajstić information content (AvgIpc) is 2.38. The van der Waals surface area contributed by atoms with E-state index < -0.39 is 0 Å². The lowest BCUT2D eigenvalue weighted by molar-refractivity contribution is -0.363. The molecule has 0 aliphatic carbocycles. The molecule has 1 N–H and O–H groups in total. The van der Waals surface area contributed by atoms with E-state index in [2.05, 4.69) is 4.98 Å². The second-order valence-corrected chi connectivity index (χ2v) is 3.84. The Kier molecular flexibility index (Phi) is 3.50. The summed E-state index contributed by atoms with van der Waals surface area (Å²) in [5, 5.41) is 0. The maximum atomic E-state index is 11.7. The van der Waals surface area contributed by atoms with Crippen LogP contribution in [-0.2, 0) is 11.3 Å². The highest BCUT2D eigenvalue weighted by atomic mass is 16.2. The number of nitrogens with zero attached hydrogens (tertiary/aromatic N) is 1. The lowest BCUT2D eigenvalue weighted by atomic mass is 10.2. The van der Waals surface area contributed by atoms with Gasteiger partial charge in [0.15, 0.2) is 0 Å². The number of hydrogen-bond acceptors (Lipinski definition) is 1. The first-order valence-corrected chi connectivity index (χ1v) is 5.56. The summed E-state index contributed by atoms with van der Waals surface area (Å²) in [6, 6.07) is 15.6. The molecule has 2 rings (SSSR count). The number of rotatable bonds is 3. The van der Waals surface area contributed by atoms with Crippen molar-refractivity contribution in [3.63, 3.8) is 0 Å². The van der Waals surface area contributed by atoms with E-state index in [0.717, 1.165) is 11.4 Å². The van der Waals surface area contributed by atoms with Crippen LogP contribution in [0.25, 0.3) is 0 Å². The lowest BCUT2D eigenvalue weighted by Crippen LogP contribution is -2.32. The molecular weight excluding hydrogens is 212 g/mol. The van der Waals surface area contributed by atoms with Gasteiger partial charge in [-0.05, 0) is 11.6 Å². The number of amides is 1. The van der Waals surface area contributed by atoms with Gasteiger partial charge < -0.3 is 0 Å². The fraction of sp³-hybridized carbons (Fsp3) is 0.143. The maximum Gasteiger partial charge on any atom is 0.306 e. The van der Waals surface area contributed by atoms with Crippen molar-refractivity contribution >= 4 is 11.7 Å². The Hall–Kier alpha value is -2.16. The Labute approximate surface area is 101 Å². The maximum absolute atomic E-state index is 11.7. The minimum Gasteiger partial charge on any atom is -0.247 e. The highest BCUT2D eigenvalue weighted by Crippen LogP contribution is 2.11. The molecule has 0 saturated heterocycles. The summed E-state index contributed by atoms with van der Waals surface area (Å²) in [5.74, 6) is 0.833. The normalized spacial score (nSPS) is 9.94. The van der Waals surface area contributed by atoms with Crippen LogP contribution in [0.5, 0.6) is 0 Å². The van der Waals surface area contributed by atoms with E-state index in [1.54, 1.807) is 11.8 Å². The number of hydrogen-bond donors (Lipinski definition) is 0. The number of carbonyl (C=O) groups excluding carboxylic acids is 1. The van der Waals surface area contributed by atoms with Gasteiger partial charge in [-0.1, -0.05) is 36.4 Å². The molecule has 0 atom stereocenters. The molecule has 17 heavy (non-hydrogen) atoms. The molecule has 0 aliphatic rings. The summed E-state index contributed by atoms with van der Waals surface area (Å²) < 4.78 is 0. The van der Waals surface area contributed by atoms with Gasteiger partial charge in [-0.2, -0.15) is 4.90 Å². The zero-order valence-corrected chi connectivity index (χ0v) is 9.76. The van der Waals surface area contributed by atoms with Crippen molar-refractivity contribution in [3.05, 3.63) is 60.3 Å². The minimum atomic E-state index is 0.0244. The fourth-order valence-electron chi connectivity index (χ4n) is 1.68. The summed E-state index contributed by atoms with van der Waals surface area (Å²) in [5.41, 5.74) is 1.11. The number of nitrogens with one attached hydrogen (secondary N) is 1. The number of aromatic amines is 1. The Morgan fingerprint density at radius 2 is 1.82 bits per heavy atom. The molecule has 0 aliphatic heterocycles. The van der Waals surface area contributed by atoms with Crippen LogP contribution in [-0.4, -0.2) is 5.91 Å². The molecule has 0 bridgehead atoms. The molecule has 1 heterocycles. The summed E-state index contributed by atoms with van der Waals surface area (Å²) in [4.78, 5) is 16.4. The molecule has 86 valence electrons. The van der Waals surface area contributed by atoms with E-state index in [1.807, 2.05) is 54.7 Å². The van der Waals surface area contributed by atoms with Crippen molar-refractivity contribution in [2.75, 3.05) is 4.90 Å². The van der Waals surface area contributed by atoms with Crippen LogP contribution in [0.1, 0.15) is 12.5 Å². The lowest BCUT2D eigenvalue weighted by Gasteiger charge is -2.12. The highest BCUT2D eigenvalue weighted by Gasteiger charge is 2.20. The first kappa shape index (κ1) is 11.3. The monoisotopic (exact) mass is 227 g/mol. The number of H-pyrrole nitrogens is 1. The van der Waals surface area contributed by atoms with Gasteiger partial charge in [0.2, 0.25) is 0 Å². The number of anilines is 1. The second kappa shape index (κ2) is 5.25. The van der Waals surface area contributed by atoms with E-state index in [4.69, 9.17) is 0 Å². The van der Waals surface area contributed by atoms with Crippen LogP contribution in [0, 0.1) is 0 Å². The minimum absolute atomic E-state index is 0.0244. The topological polar surface area (TPSA) is 34.5 Å². The molecular formula is C14H15N2O+. The smallest absolute Gasteiger partial charge is 0.247 e.